The molecular weight excluding hydrogens is 268 g/mol. The van der Waals surface area contributed by atoms with Crippen molar-refractivity contribution in [3.8, 4) is 5.88 Å². The number of ether oxygens (including phenoxy) is 1. The normalized spacial score (nSPS) is 10.1. The fraction of sp³-hybridized carbons (Fsp3) is 0.417. The first-order chi connectivity index (χ1) is 7.77. The minimum absolute atomic E-state index is 0.622. The van der Waals surface area contributed by atoms with Crippen LogP contribution in [0.4, 0.5) is 0 Å². The molecule has 1 N–H and O–H groups in total. The Morgan fingerprint density at radius 3 is 3.12 bits per heavy atom. The van der Waals surface area contributed by atoms with Gasteiger partial charge in [0.25, 0.3) is 0 Å². The molecule has 1 aromatic rings. The molecule has 0 amide bonds. The molecule has 0 aliphatic rings. The molecule has 0 aliphatic heterocycles. The Kier molecular flexibility index (Phi) is 6.11. The van der Waals surface area contributed by atoms with Crippen LogP contribution in [0.5, 0.6) is 5.88 Å². The molecule has 1 aromatic heterocycles. The predicted molar refractivity (Wildman–Crippen MR) is 69.6 cm³/mol. The van der Waals surface area contributed by atoms with Gasteiger partial charge in [-0.3, -0.25) is 0 Å². The van der Waals surface area contributed by atoms with Crippen LogP contribution in [0.3, 0.4) is 0 Å². The van der Waals surface area contributed by atoms with Crippen molar-refractivity contribution in [2.45, 2.75) is 19.9 Å². The summed E-state index contributed by atoms with van der Waals surface area (Å²) in [5, 5.41) is 3.26. The molecular formula is C12H17BrN2O. The van der Waals surface area contributed by atoms with Crippen LogP contribution in [0.2, 0.25) is 0 Å². The molecule has 4 heteroatoms. The summed E-state index contributed by atoms with van der Waals surface area (Å²) in [6.45, 7) is 8.05. The topological polar surface area (TPSA) is 34.1 Å². The maximum atomic E-state index is 5.59. The Morgan fingerprint density at radius 2 is 2.44 bits per heavy atom. The fourth-order valence-electron chi connectivity index (χ4n) is 1.22. The molecule has 3 nitrogen and oxygen atoms in total. The van der Waals surface area contributed by atoms with Crippen LogP contribution >= 0.6 is 15.9 Å². The summed E-state index contributed by atoms with van der Waals surface area (Å²) < 4.78 is 6.56. The molecule has 88 valence electrons. The summed E-state index contributed by atoms with van der Waals surface area (Å²) >= 11 is 3.41. The predicted octanol–water partition coefficient (Wildman–Crippen LogP) is 2.91. The number of aromatic nitrogens is 1. The molecule has 0 aliphatic carbocycles. The number of halogens is 1. The van der Waals surface area contributed by atoms with Crippen LogP contribution in [-0.2, 0) is 6.54 Å². The zero-order valence-corrected chi connectivity index (χ0v) is 11.1. The van der Waals surface area contributed by atoms with Crippen molar-refractivity contribution >= 4 is 15.9 Å². The SMILES string of the molecule is C=CCCOc1ncc(Br)cc1CNCC. The van der Waals surface area contributed by atoms with E-state index in [-0.39, 0.29) is 0 Å². The lowest BCUT2D eigenvalue weighted by Gasteiger charge is -2.10. The standard InChI is InChI=1S/C12H17BrN2O/c1-3-5-6-16-12-10(8-14-4-2)7-11(13)9-15-12/h3,7,9,14H,1,4-6,8H2,2H3. The number of nitrogens with one attached hydrogen (secondary N) is 1. The smallest absolute Gasteiger partial charge is 0.217 e. The van der Waals surface area contributed by atoms with E-state index in [1.54, 1.807) is 6.20 Å². The lowest BCUT2D eigenvalue weighted by Crippen LogP contribution is -2.13. The van der Waals surface area contributed by atoms with E-state index in [9.17, 15) is 0 Å². The second-order valence-electron chi connectivity index (χ2n) is 3.32. The maximum absolute atomic E-state index is 5.59. The van der Waals surface area contributed by atoms with E-state index < -0.39 is 0 Å². The van der Waals surface area contributed by atoms with Gasteiger partial charge in [0, 0.05) is 22.8 Å². The lowest BCUT2D eigenvalue weighted by molar-refractivity contribution is 0.308. The highest BCUT2D eigenvalue weighted by Gasteiger charge is 2.05. The first-order valence-corrected chi connectivity index (χ1v) is 6.16. The van der Waals surface area contributed by atoms with E-state index >= 15 is 0 Å². The summed E-state index contributed by atoms with van der Waals surface area (Å²) in [6, 6.07) is 2.03. The van der Waals surface area contributed by atoms with Crippen LogP contribution < -0.4 is 10.1 Å². The number of rotatable bonds is 7. The first-order valence-electron chi connectivity index (χ1n) is 5.36. The van der Waals surface area contributed by atoms with Crippen molar-refractivity contribution in [1.29, 1.82) is 0 Å². The molecule has 0 radical (unpaired) electrons. The molecule has 0 aromatic carbocycles. The number of hydrogen-bond acceptors (Lipinski definition) is 3. The maximum Gasteiger partial charge on any atom is 0.217 e. The van der Waals surface area contributed by atoms with Crippen molar-refractivity contribution in [3.05, 3.63) is 35.0 Å². The van der Waals surface area contributed by atoms with Crippen molar-refractivity contribution in [2.24, 2.45) is 0 Å². The number of pyridine rings is 1. The summed E-state index contributed by atoms with van der Waals surface area (Å²) in [6.07, 6.45) is 4.42. The van der Waals surface area contributed by atoms with Crippen molar-refractivity contribution < 1.29 is 4.74 Å². The third-order valence-electron chi connectivity index (χ3n) is 2.02. The summed E-state index contributed by atoms with van der Waals surface area (Å²) in [4.78, 5) is 4.26. The second-order valence-corrected chi connectivity index (χ2v) is 4.24. The third-order valence-corrected chi connectivity index (χ3v) is 2.45. The van der Waals surface area contributed by atoms with E-state index in [0.717, 1.165) is 29.5 Å². The first kappa shape index (κ1) is 13.2. The number of nitrogens with zero attached hydrogens (tertiary/aromatic N) is 1. The second kappa shape index (κ2) is 7.41. The zero-order valence-electron chi connectivity index (χ0n) is 9.50. The lowest BCUT2D eigenvalue weighted by atomic mass is 10.2. The van der Waals surface area contributed by atoms with Gasteiger partial charge in [-0.1, -0.05) is 13.0 Å². The Bertz CT molecular complexity index is 342. The van der Waals surface area contributed by atoms with Crippen LogP contribution in [0.1, 0.15) is 18.9 Å². The molecule has 0 saturated carbocycles. The highest BCUT2D eigenvalue weighted by Crippen LogP contribution is 2.20. The third kappa shape index (κ3) is 4.33. The van der Waals surface area contributed by atoms with Gasteiger partial charge >= 0.3 is 0 Å². The Balaban J connectivity index is 2.68. The van der Waals surface area contributed by atoms with Gasteiger partial charge < -0.3 is 10.1 Å². The van der Waals surface area contributed by atoms with E-state index in [4.69, 9.17) is 4.74 Å². The highest BCUT2D eigenvalue weighted by molar-refractivity contribution is 9.10. The van der Waals surface area contributed by atoms with Crippen LogP contribution in [0.25, 0.3) is 0 Å². The molecule has 1 rings (SSSR count). The average molecular weight is 285 g/mol. The average Bonchev–Trinajstić information content (AvgIpc) is 2.29. The molecule has 0 bridgehead atoms. The van der Waals surface area contributed by atoms with E-state index in [2.05, 4.69) is 39.7 Å². The van der Waals surface area contributed by atoms with Gasteiger partial charge in [-0.05, 0) is 35.0 Å². The van der Waals surface area contributed by atoms with Crippen molar-refractivity contribution in [2.75, 3.05) is 13.2 Å². The molecule has 0 unspecified atom stereocenters. The van der Waals surface area contributed by atoms with E-state index in [1.807, 2.05) is 12.1 Å². The minimum Gasteiger partial charge on any atom is -0.477 e. The van der Waals surface area contributed by atoms with Gasteiger partial charge in [-0.25, -0.2) is 4.98 Å². The van der Waals surface area contributed by atoms with E-state index in [1.165, 1.54) is 0 Å². The number of hydrogen-bond donors (Lipinski definition) is 1. The van der Waals surface area contributed by atoms with Crippen LogP contribution in [0.15, 0.2) is 29.4 Å². The van der Waals surface area contributed by atoms with Crippen molar-refractivity contribution in [1.82, 2.24) is 10.3 Å². The Labute approximate surface area is 105 Å². The Morgan fingerprint density at radius 1 is 1.62 bits per heavy atom. The van der Waals surface area contributed by atoms with Gasteiger partial charge in [0.05, 0.1) is 6.61 Å². The molecule has 1 heterocycles. The molecule has 16 heavy (non-hydrogen) atoms. The summed E-state index contributed by atoms with van der Waals surface area (Å²) in [5.74, 6) is 0.700. The van der Waals surface area contributed by atoms with Gasteiger partial charge in [-0.15, -0.1) is 6.58 Å². The van der Waals surface area contributed by atoms with Gasteiger partial charge in [0.1, 0.15) is 0 Å². The molecule has 0 saturated heterocycles. The van der Waals surface area contributed by atoms with E-state index in [0.29, 0.717) is 12.5 Å². The van der Waals surface area contributed by atoms with Crippen LogP contribution in [0, 0.1) is 0 Å². The Hall–Kier alpha value is -0.870. The monoisotopic (exact) mass is 284 g/mol. The van der Waals surface area contributed by atoms with Crippen LogP contribution in [-0.4, -0.2) is 18.1 Å². The highest BCUT2D eigenvalue weighted by atomic mass is 79.9. The minimum atomic E-state index is 0.622. The van der Waals surface area contributed by atoms with Gasteiger partial charge in [0.2, 0.25) is 5.88 Å². The van der Waals surface area contributed by atoms with Crippen molar-refractivity contribution in [3.63, 3.8) is 0 Å². The molecule has 0 fully saturated rings. The molecule has 0 spiro atoms. The zero-order chi connectivity index (χ0) is 11.8. The fourth-order valence-corrected chi connectivity index (χ4v) is 1.60. The summed E-state index contributed by atoms with van der Waals surface area (Å²) in [5.41, 5.74) is 1.07. The largest absolute Gasteiger partial charge is 0.477 e. The quantitative estimate of drug-likeness (QED) is 0.618. The molecule has 0 atom stereocenters. The van der Waals surface area contributed by atoms with Gasteiger partial charge in [0.15, 0.2) is 0 Å². The summed E-state index contributed by atoms with van der Waals surface area (Å²) in [7, 11) is 0. The van der Waals surface area contributed by atoms with Gasteiger partial charge in [-0.2, -0.15) is 0 Å².